The van der Waals surface area contributed by atoms with Gasteiger partial charge in [0, 0.05) is 6.20 Å². The molecule has 0 unspecified atom stereocenters. The number of hydrogen-bond acceptors (Lipinski definition) is 3. The number of fused-ring (bicyclic) bond motifs is 1. The molecule has 0 aliphatic heterocycles. The van der Waals surface area contributed by atoms with Crippen LogP contribution in [0.15, 0.2) is 24.5 Å². The zero-order valence-electron chi connectivity index (χ0n) is 10.4. The van der Waals surface area contributed by atoms with Gasteiger partial charge in [0.25, 0.3) is 0 Å². The molecule has 2 saturated carbocycles. The molecule has 0 bridgehead atoms. The van der Waals surface area contributed by atoms with Crippen LogP contribution in [0.5, 0.6) is 0 Å². The van der Waals surface area contributed by atoms with E-state index in [1.165, 1.54) is 25.7 Å². The average Bonchev–Trinajstić information content (AvgIpc) is 3.30. The van der Waals surface area contributed by atoms with Crippen molar-refractivity contribution in [1.29, 1.82) is 0 Å². The molecule has 94 valence electrons. The van der Waals surface area contributed by atoms with Gasteiger partial charge >= 0.3 is 0 Å². The molecule has 2 aliphatic carbocycles. The Kier molecular flexibility index (Phi) is 2.21. The molecule has 2 fully saturated rings. The van der Waals surface area contributed by atoms with Crippen LogP contribution in [-0.4, -0.2) is 14.6 Å². The maximum Gasteiger partial charge on any atom is 0.153 e. The Morgan fingerprint density at radius 3 is 2.56 bits per heavy atom. The van der Waals surface area contributed by atoms with Gasteiger partial charge in [-0.2, -0.15) is 5.10 Å². The number of aromatic nitrogens is 3. The Morgan fingerprint density at radius 1 is 1.22 bits per heavy atom. The Hall–Kier alpha value is -1.42. The lowest BCUT2D eigenvalue weighted by molar-refractivity contribution is 0.331. The second kappa shape index (κ2) is 3.79. The lowest BCUT2D eigenvalue weighted by Gasteiger charge is -2.21. The molecule has 18 heavy (non-hydrogen) atoms. The van der Waals surface area contributed by atoms with Gasteiger partial charge in [-0.15, -0.1) is 0 Å². The van der Waals surface area contributed by atoms with Gasteiger partial charge < -0.3 is 5.73 Å². The van der Waals surface area contributed by atoms with Crippen LogP contribution < -0.4 is 5.73 Å². The molecule has 2 heterocycles. The summed E-state index contributed by atoms with van der Waals surface area (Å²) in [4.78, 5) is 4.63. The second-order valence-electron chi connectivity index (χ2n) is 5.77. The van der Waals surface area contributed by atoms with Gasteiger partial charge in [-0.3, -0.25) is 0 Å². The van der Waals surface area contributed by atoms with E-state index in [-0.39, 0.29) is 6.04 Å². The van der Waals surface area contributed by atoms with Crippen molar-refractivity contribution in [2.24, 2.45) is 23.5 Å². The monoisotopic (exact) mass is 242 g/mol. The Bertz CT molecular complexity index is 523. The van der Waals surface area contributed by atoms with E-state index in [4.69, 9.17) is 5.73 Å². The van der Waals surface area contributed by atoms with E-state index in [1.54, 1.807) is 6.20 Å². The van der Waals surface area contributed by atoms with Crippen LogP contribution in [-0.2, 0) is 0 Å². The first-order valence-corrected chi connectivity index (χ1v) is 6.89. The fraction of sp³-hybridized carbons (Fsp3) is 0.571. The lowest BCUT2D eigenvalue weighted by Crippen LogP contribution is -2.25. The zero-order chi connectivity index (χ0) is 12.1. The SMILES string of the molecule is N[C@H](c1cn2ncccc2n1)C(C1CC1)C1CC1. The van der Waals surface area contributed by atoms with Crippen LogP contribution in [0.3, 0.4) is 0 Å². The molecule has 2 N–H and O–H groups in total. The summed E-state index contributed by atoms with van der Waals surface area (Å²) < 4.78 is 1.83. The fourth-order valence-corrected chi connectivity index (χ4v) is 3.14. The lowest BCUT2D eigenvalue weighted by atomic mass is 9.88. The standard InChI is InChI=1S/C14H18N4/c15-14(13(9-3-4-9)10-5-6-10)11-8-18-12(17-11)2-1-7-16-18/h1-2,7-10,13-14H,3-6,15H2/t14-/m1/s1. The van der Waals surface area contributed by atoms with Crippen molar-refractivity contribution >= 4 is 5.65 Å². The van der Waals surface area contributed by atoms with Gasteiger partial charge in [-0.1, -0.05) is 0 Å². The molecular formula is C14H18N4. The third-order valence-corrected chi connectivity index (χ3v) is 4.34. The maximum atomic E-state index is 6.48. The summed E-state index contributed by atoms with van der Waals surface area (Å²) in [5, 5.41) is 4.26. The number of hydrogen-bond donors (Lipinski definition) is 1. The predicted octanol–water partition coefficient (Wildman–Crippen LogP) is 2.17. The second-order valence-corrected chi connectivity index (χ2v) is 5.77. The van der Waals surface area contributed by atoms with E-state index >= 15 is 0 Å². The predicted molar refractivity (Wildman–Crippen MR) is 68.9 cm³/mol. The van der Waals surface area contributed by atoms with Crippen molar-refractivity contribution in [3.8, 4) is 0 Å². The number of nitrogens with two attached hydrogens (primary N) is 1. The quantitative estimate of drug-likeness (QED) is 0.894. The van der Waals surface area contributed by atoms with E-state index in [0.29, 0.717) is 5.92 Å². The minimum absolute atomic E-state index is 0.0895. The Morgan fingerprint density at radius 2 is 1.94 bits per heavy atom. The van der Waals surface area contributed by atoms with Crippen molar-refractivity contribution in [2.45, 2.75) is 31.7 Å². The summed E-state index contributed by atoms with van der Waals surface area (Å²) in [6, 6.07) is 3.98. The Balaban J connectivity index is 1.67. The molecule has 2 aliphatic rings. The van der Waals surface area contributed by atoms with E-state index in [1.807, 2.05) is 22.8 Å². The summed E-state index contributed by atoms with van der Waals surface area (Å²) in [5.74, 6) is 2.35. The summed E-state index contributed by atoms with van der Waals surface area (Å²) in [5.41, 5.74) is 8.39. The molecule has 4 heteroatoms. The molecule has 0 amide bonds. The topological polar surface area (TPSA) is 56.2 Å². The molecule has 0 aromatic carbocycles. The van der Waals surface area contributed by atoms with Crippen molar-refractivity contribution in [3.63, 3.8) is 0 Å². The number of rotatable bonds is 4. The van der Waals surface area contributed by atoms with Gasteiger partial charge in [0.15, 0.2) is 5.65 Å². The number of nitrogens with zero attached hydrogens (tertiary/aromatic N) is 3. The van der Waals surface area contributed by atoms with Gasteiger partial charge in [-0.05, 0) is 55.6 Å². The first kappa shape index (κ1) is 10.5. The van der Waals surface area contributed by atoms with Crippen LogP contribution in [0, 0.1) is 17.8 Å². The summed E-state index contributed by atoms with van der Waals surface area (Å²) in [6.07, 6.45) is 9.23. The molecule has 4 rings (SSSR count). The minimum atomic E-state index is 0.0895. The summed E-state index contributed by atoms with van der Waals surface area (Å²) >= 11 is 0. The van der Waals surface area contributed by atoms with Gasteiger partial charge in [0.1, 0.15) is 0 Å². The number of imidazole rings is 1. The summed E-state index contributed by atoms with van der Waals surface area (Å²) in [7, 11) is 0. The molecular weight excluding hydrogens is 224 g/mol. The molecule has 2 aromatic rings. The van der Waals surface area contributed by atoms with Gasteiger partial charge in [-0.25, -0.2) is 9.50 Å². The molecule has 1 atom stereocenters. The highest BCUT2D eigenvalue weighted by Crippen LogP contribution is 2.53. The van der Waals surface area contributed by atoms with Crippen LogP contribution in [0.4, 0.5) is 0 Å². The first-order chi connectivity index (χ1) is 8.83. The van der Waals surface area contributed by atoms with Crippen molar-refractivity contribution in [1.82, 2.24) is 14.6 Å². The van der Waals surface area contributed by atoms with Crippen molar-refractivity contribution < 1.29 is 0 Å². The van der Waals surface area contributed by atoms with Crippen LogP contribution >= 0.6 is 0 Å². The third-order valence-electron chi connectivity index (χ3n) is 4.34. The van der Waals surface area contributed by atoms with E-state index in [0.717, 1.165) is 23.2 Å². The summed E-state index contributed by atoms with van der Waals surface area (Å²) in [6.45, 7) is 0. The average molecular weight is 242 g/mol. The largest absolute Gasteiger partial charge is 0.322 e. The van der Waals surface area contributed by atoms with Crippen LogP contribution in [0.1, 0.15) is 37.4 Å². The minimum Gasteiger partial charge on any atom is -0.322 e. The highest BCUT2D eigenvalue weighted by atomic mass is 15.2. The van der Waals surface area contributed by atoms with E-state index in [9.17, 15) is 0 Å². The molecule has 0 spiro atoms. The normalized spacial score (nSPS) is 21.7. The molecule has 2 aromatic heterocycles. The van der Waals surface area contributed by atoms with Crippen molar-refractivity contribution in [3.05, 3.63) is 30.2 Å². The molecule has 0 saturated heterocycles. The van der Waals surface area contributed by atoms with Crippen molar-refractivity contribution in [2.75, 3.05) is 0 Å². The highest BCUT2D eigenvalue weighted by molar-refractivity contribution is 5.38. The van der Waals surface area contributed by atoms with E-state index < -0.39 is 0 Å². The van der Waals surface area contributed by atoms with Crippen LogP contribution in [0.25, 0.3) is 5.65 Å². The van der Waals surface area contributed by atoms with Crippen LogP contribution in [0.2, 0.25) is 0 Å². The van der Waals surface area contributed by atoms with E-state index in [2.05, 4.69) is 10.1 Å². The maximum absolute atomic E-state index is 6.48. The molecule has 0 radical (unpaired) electrons. The zero-order valence-corrected chi connectivity index (χ0v) is 10.4. The Labute approximate surface area is 106 Å². The van der Waals surface area contributed by atoms with Gasteiger partial charge in [0.2, 0.25) is 0 Å². The highest BCUT2D eigenvalue weighted by Gasteiger charge is 2.45. The third kappa shape index (κ3) is 1.72. The fourth-order valence-electron chi connectivity index (χ4n) is 3.14. The van der Waals surface area contributed by atoms with Gasteiger partial charge in [0.05, 0.1) is 17.9 Å². The smallest absolute Gasteiger partial charge is 0.153 e. The first-order valence-electron chi connectivity index (χ1n) is 6.89. The molecule has 4 nitrogen and oxygen atoms in total.